The Bertz CT molecular complexity index is 955. The minimum Gasteiger partial charge on any atom is -0.284 e. The second-order valence-electron chi connectivity index (χ2n) is 5.60. The molecule has 1 fully saturated rings. The largest absolute Gasteiger partial charge is 0.284 e. The average molecular weight is 403 g/mol. The molecule has 0 aromatic heterocycles. The monoisotopic (exact) mass is 402 g/mol. The first-order chi connectivity index (χ1) is 12.5. The molecule has 2 aliphatic heterocycles. The Morgan fingerprint density at radius 1 is 1.12 bits per heavy atom. The fourth-order valence-corrected chi connectivity index (χ4v) is 5.27. The smallest absolute Gasteiger partial charge is 0.269 e. The van der Waals surface area contributed by atoms with Gasteiger partial charge in [0.05, 0.1) is 15.5 Å². The third kappa shape index (κ3) is 3.13. The molecular weight excluding hydrogens is 392 g/mol. The van der Waals surface area contributed by atoms with Crippen molar-refractivity contribution in [2.45, 2.75) is 4.71 Å². The Morgan fingerprint density at radius 3 is 2.46 bits per heavy atom. The van der Waals surface area contributed by atoms with Crippen molar-refractivity contribution < 1.29 is 9.72 Å². The average Bonchev–Trinajstić information content (AvgIpc) is 3.18. The Labute approximate surface area is 162 Å². The van der Waals surface area contributed by atoms with Crippen molar-refractivity contribution in [2.24, 2.45) is 0 Å². The predicted molar refractivity (Wildman–Crippen MR) is 106 cm³/mol. The number of carbonyl (C=O) groups excluding carboxylic acids is 1. The molecule has 2 heterocycles. The zero-order valence-electron chi connectivity index (χ0n) is 13.2. The van der Waals surface area contributed by atoms with Crippen molar-refractivity contribution in [3.05, 3.63) is 85.1 Å². The summed E-state index contributed by atoms with van der Waals surface area (Å²) in [7, 11) is 0. The summed E-state index contributed by atoms with van der Waals surface area (Å²) in [6.45, 7) is 0. The lowest BCUT2D eigenvalue weighted by Crippen LogP contribution is -2.25. The van der Waals surface area contributed by atoms with Crippen molar-refractivity contribution in [3.8, 4) is 0 Å². The molecule has 0 spiro atoms. The van der Waals surface area contributed by atoms with Gasteiger partial charge in [0.25, 0.3) is 11.6 Å². The van der Waals surface area contributed by atoms with Crippen LogP contribution in [-0.4, -0.2) is 20.4 Å². The van der Waals surface area contributed by atoms with Gasteiger partial charge >= 0.3 is 0 Å². The van der Waals surface area contributed by atoms with Crippen LogP contribution in [0.2, 0.25) is 5.02 Å². The second-order valence-corrected chi connectivity index (χ2v) is 8.41. The van der Waals surface area contributed by atoms with Gasteiger partial charge in [-0.25, -0.2) is 0 Å². The Morgan fingerprint density at radius 2 is 1.81 bits per heavy atom. The standard InChI is InChI=1S/C18H11ClN2O3S2/c19-13-5-1-11(2-6-13)9-16-17(22)20-15(10-25-18(20)26-16)12-3-7-14(8-4-12)21(23)24/h1-10,18H/b16-9-. The van der Waals surface area contributed by atoms with Crippen LogP contribution in [0.4, 0.5) is 5.69 Å². The van der Waals surface area contributed by atoms with Crippen LogP contribution in [0.3, 0.4) is 0 Å². The summed E-state index contributed by atoms with van der Waals surface area (Å²) in [4.78, 5) is 25.6. The first-order valence-electron chi connectivity index (χ1n) is 7.61. The van der Waals surface area contributed by atoms with Gasteiger partial charge < -0.3 is 0 Å². The van der Waals surface area contributed by atoms with Gasteiger partial charge in [-0.15, -0.1) is 0 Å². The van der Waals surface area contributed by atoms with Crippen molar-refractivity contribution in [1.82, 2.24) is 4.90 Å². The van der Waals surface area contributed by atoms with E-state index in [1.54, 1.807) is 40.9 Å². The van der Waals surface area contributed by atoms with Gasteiger partial charge in [-0.2, -0.15) is 0 Å². The summed E-state index contributed by atoms with van der Waals surface area (Å²) >= 11 is 8.96. The number of hydrogen-bond acceptors (Lipinski definition) is 5. The van der Waals surface area contributed by atoms with Crippen LogP contribution in [0.15, 0.2) is 58.8 Å². The number of rotatable bonds is 3. The zero-order chi connectivity index (χ0) is 18.3. The van der Waals surface area contributed by atoms with Crippen molar-refractivity contribution in [3.63, 3.8) is 0 Å². The van der Waals surface area contributed by atoms with Crippen molar-refractivity contribution in [1.29, 1.82) is 0 Å². The molecule has 5 nitrogen and oxygen atoms in total. The van der Waals surface area contributed by atoms with Crippen LogP contribution >= 0.6 is 35.1 Å². The number of halogens is 1. The summed E-state index contributed by atoms with van der Waals surface area (Å²) < 4.78 is -0.0498. The SMILES string of the molecule is O=C1/C(=C/c2ccc(Cl)cc2)SC2SC=C(c3ccc([N+](=O)[O-])cc3)N12. The summed E-state index contributed by atoms with van der Waals surface area (Å²) in [5, 5.41) is 13.4. The van der Waals surface area contributed by atoms with Gasteiger partial charge in [-0.1, -0.05) is 47.3 Å². The summed E-state index contributed by atoms with van der Waals surface area (Å²) in [5.74, 6) is -0.0652. The second kappa shape index (κ2) is 6.83. The maximum absolute atomic E-state index is 12.9. The molecule has 2 aromatic carbocycles. The van der Waals surface area contributed by atoms with Crippen LogP contribution < -0.4 is 0 Å². The Hall–Kier alpha value is -2.22. The third-order valence-electron chi connectivity index (χ3n) is 3.97. The number of nitrogens with zero attached hydrogens (tertiary/aromatic N) is 2. The highest BCUT2D eigenvalue weighted by molar-refractivity contribution is 8.21. The number of benzene rings is 2. The highest BCUT2D eigenvalue weighted by atomic mass is 35.5. The number of amides is 1. The topological polar surface area (TPSA) is 63.4 Å². The van der Waals surface area contributed by atoms with Crippen LogP contribution in [0.1, 0.15) is 11.1 Å². The van der Waals surface area contributed by atoms with E-state index in [0.717, 1.165) is 16.8 Å². The quantitative estimate of drug-likeness (QED) is 0.401. The molecule has 0 aliphatic carbocycles. The number of nitro benzene ring substituents is 1. The molecule has 2 aromatic rings. The lowest BCUT2D eigenvalue weighted by Gasteiger charge is -2.17. The summed E-state index contributed by atoms with van der Waals surface area (Å²) in [6.07, 6.45) is 1.86. The molecule has 4 rings (SSSR count). The maximum atomic E-state index is 12.9. The predicted octanol–water partition coefficient (Wildman–Crippen LogP) is 5.19. The minimum atomic E-state index is -0.436. The maximum Gasteiger partial charge on any atom is 0.269 e. The highest BCUT2D eigenvalue weighted by Gasteiger charge is 2.42. The van der Waals surface area contributed by atoms with Crippen molar-refractivity contribution in [2.75, 3.05) is 0 Å². The van der Waals surface area contributed by atoms with E-state index < -0.39 is 4.92 Å². The van der Waals surface area contributed by atoms with E-state index in [1.165, 1.54) is 23.9 Å². The van der Waals surface area contributed by atoms with E-state index in [2.05, 4.69) is 0 Å². The van der Waals surface area contributed by atoms with E-state index in [1.807, 2.05) is 23.6 Å². The first kappa shape index (κ1) is 17.2. The van der Waals surface area contributed by atoms with Crippen LogP contribution in [0, 0.1) is 10.1 Å². The molecular formula is C18H11ClN2O3S2. The molecule has 0 radical (unpaired) electrons. The van der Waals surface area contributed by atoms with Gasteiger partial charge in [-0.05, 0) is 46.9 Å². The van der Waals surface area contributed by atoms with E-state index in [-0.39, 0.29) is 16.3 Å². The molecule has 1 unspecified atom stereocenters. The van der Waals surface area contributed by atoms with Gasteiger partial charge in [0.1, 0.15) is 4.71 Å². The summed E-state index contributed by atoms with van der Waals surface area (Å²) in [5.41, 5.74) is 2.50. The van der Waals surface area contributed by atoms with E-state index in [9.17, 15) is 14.9 Å². The van der Waals surface area contributed by atoms with Gasteiger partial charge in [0.2, 0.25) is 0 Å². The number of carbonyl (C=O) groups is 1. The Balaban J connectivity index is 1.60. The van der Waals surface area contributed by atoms with Crippen LogP contribution in [-0.2, 0) is 4.79 Å². The van der Waals surface area contributed by atoms with Gasteiger partial charge in [0.15, 0.2) is 0 Å². The molecule has 26 heavy (non-hydrogen) atoms. The van der Waals surface area contributed by atoms with Gasteiger partial charge in [-0.3, -0.25) is 19.8 Å². The molecule has 0 saturated carbocycles. The van der Waals surface area contributed by atoms with Crippen LogP contribution in [0.25, 0.3) is 11.8 Å². The highest BCUT2D eigenvalue weighted by Crippen LogP contribution is 2.51. The molecule has 0 bridgehead atoms. The number of fused-ring (bicyclic) bond motifs is 1. The van der Waals surface area contributed by atoms with E-state index in [4.69, 9.17) is 11.6 Å². The minimum absolute atomic E-state index is 0.0296. The molecule has 1 amide bonds. The lowest BCUT2D eigenvalue weighted by molar-refractivity contribution is -0.384. The summed E-state index contributed by atoms with van der Waals surface area (Å²) in [6, 6.07) is 13.6. The number of non-ortho nitro benzene ring substituents is 1. The molecule has 1 saturated heterocycles. The normalized spacial score (nSPS) is 20.4. The first-order valence-corrected chi connectivity index (χ1v) is 9.81. The Kier molecular flexibility index (Phi) is 4.52. The molecule has 8 heteroatoms. The molecule has 2 aliphatic rings. The van der Waals surface area contributed by atoms with Gasteiger partial charge in [0, 0.05) is 17.2 Å². The van der Waals surface area contributed by atoms with E-state index in [0.29, 0.717) is 9.93 Å². The number of hydrogen-bond donors (Lipinski definition) is 0. The zero-order valence-corrected chi connectivity index (χ0v) is 15.6. The van der Waals surface area contributed by atoms with Crippen molar-refractivity contribution >= 4 is 58.5 Å². The lowest BCUT2D eigenvalue weighted by atomic mass is 10.1. The fraction of sp³-hybridized carbons (Fsp3) is 0.0556. The fourth-order valence-electron chi connectivity index (χ4n) is 2.68. The number of thioether (sulfide) groups is 2. The molecule has 1 atom stereocenters. The van der Waals surface area contributed by atoms with E-state index >= 15 is 0 Å². The third-order valence-corrected chi connectivity index (χ3v) is 6.60. The molecule has 0 N–H and O–H groups in total. The number of nitro groups is 1. The molecule has 130 valence electrons. The van der Waals surface area contributed by atoms with Crippen LogP contribution in [0.5, 0.6) is 0 Å².